The van der Waals surface area contributed by atoms with Crippen molar-refractivity contribution in [2.45, 2.75) is 18.6 Å². The van der Waals surface area contributed by atoms with Crippen molar-refractivity contribution in [2.75, 3.05) is 32.6 Å². The Morgan fingerprint density at radius 3 is 2.71 bits per heavy atom. The second-order valence-corrected chi connectivity index (χ2v) is 8.29. The molecule has 2 N–H and O–H groups in total. The summed E-state index contributed by atoms with van der Waals surface area (Å²) in [5, 5.41) is 0.199. The highest BCUT2D eigenvalue weighted by atomic mass is 35.5. The predicted octanol–water partition coefficient (Wildman–Crippen LogP) is 2.18. The van der Waals surface area contributed by atoms with Crippen molar-refractivity contribution in [1.82, 2.24) is 4.90 Å². The van der Waals surface area contributed by atoms with Crippen LogP contribution in [0.4, 0.5) is 0 Å². The van der Waals surface area contributed by atoms with Gasteiger partial charge in [0.1, 0.15) is 0 Å². The van der Waals surface area contributed by atoms with Crippen molar-refractivity contribution >= 4 is 35.2 Å². The highest BCUT2D eigenvalue weighted by Gasteiger charge is 2.31. The number of ether oxygens (including phenoxy) is 2. The molecule has 2 rings (SSSR count). The summed E-state index contributed by atoms with van der Waals surface area (Å²) in [7, 11) is 1.44. The standard InChI is InChI=1S/C16H21ClN2O4S/c1-16(2)9-19(4-5-24-16)15(21)10-6-11(17)14(12(7-10)22-3)23-8-13(18)20/h6-7H,4-5,8-9H2,1-3H3,(H2,18,20). The number of carbonyl (C=O) groups excluding carboxylic acids is 2. The van der Waals surface area contributed by atoms with Crippen LogP contribution in [0.15, 0.2) is 12.1 Å². The van der Waals surface area contributed by atoms with Crippen molar-refractivity contribution in [3.63, 3.8) is 0 Å². The van der Waals surface area contributed by atoms with E-state index in [1.54, 1.807) is 6.07 Å². The molecular formula is C16H21ClN2O4S. The fourth-order valence-corrected chi connectivity index (χ4v) is 3.88. The molecule has 1 fully saturated rings. The van der Waals surface area contributed by atoms with Gasteiger partial charge < -0.3 is 20.1 Å². The van der Waals surface area contributed by atoms with Gasteiger partial charge in [0.25, 0.3) is 11.8 Å². The van der Waals surface area contributed by atoms with Crippen LogP contribution in [-0.4, -0.2) is 54.0 Å². The molecule has 1 aliphatic rings. The van der Waals surface area contributed by atoms with Gasteiger partial charge in [0.15, 0.2) is 18.1 Å². The first kappa shape index (κ1) is 18.7. The van der Waals surface area contributed by atoms with Crippen LogP contribution in [-0.2, 0) is 4.79 Å². The Labute approximate surface area is 150 Å². The summed E-state index contributed by atoms with van der Waals surface area (Å²) in [6, 6.07) is 3.09. The van der Waals surface area contributed by atoms with Crippen LogP contribution < -0.4 is 15.2 Å². The minimum atomic E-state index is -0.624. The molecule has 0 bridgehead atoms. The van der Waals surface area contributed by atoms with Gasteiger partial charge in [-0.3, -0.25) is 9.59 Å². The monoisotopic (exact) mass is 372 g/mol. The molecule has 1 aliphatic heterocycles. The number of amides is 2. The number of primary amides is 1. The summed E-state index contributed by atoms with van der Waals surface area (Å²) in [6.45, 7) is 5.26. The number of hydrogen-bond acceptors (Lipinski definition) is 5. The van der Waals surface area contributed by atoms with E-state index in [0.717, 1.165) is 5.75 Å². The summed E-state index contributed by atoms with van der Waals surface area (Å²) in [5.74, 6) is 0.650. The van der Waals surface area contributed by atoms with Gasteiger partial charge in [-0.25, -0.2) is 0 Å². The zero-order valence-corrected chi connectivity index (χ0v) is 15.5. The third-order valence-electron chi connectivity index (χ3n) is 3.55. The van der Waals surface area contributed by atoms with Crippen molar-refractivity contribution in [2.24, 2.45) is 5.73 Å². The van der Waals surface area contributed by atoms with Gasteiger partial charge in [-0.15, -0.1) is 0 Å². The van der Waals surface area contributed by atoms with E-state index in [9.17, 15) is 9.59 Å². The minimum absolute atomic E-state index is 0.0202. The Hall–Kier alpha value is -1.60. The van der Waals surface area contributed by atoms with Crippen LogP contribution in [0.2, 0.25) is 5.02 Å². The number of halogens is 1. The van der Waals surface area contributed by atoms with E-state index < -0.39 is 5.91 Å². The summed E-state index contributed by atoms with van der Waals surface area (Å²) < 4.78 is 10.5. The topological polar surface area (TPSA) is 81.9 Å². The lowest BCUT2D eigenvalue weighted by Crippen LogP contribution is -2.46. The zero-order valence-electron chi connectivity index (χ0n) is 13.9. The van der Waals surface area contributed by atoms with Gasteiger partial charge in [0, 0.05) is 29.2 Å². The number of nitrogens with zero attached hydrogens (tertiary/aromatic N) is 1. The Bertz CT molecular complexity index is 651. The number of methoxy groups -OCH3 is 1. The SMILES string of the molecule is COc1cc(C(=O)N2CCSC(C)(C)C2)cc(Cl)c1OCC(N)=O. The Balaban J connectivity index is 2.26. The largest absolute Gasteiger partial charge is 0.493 e. The lowest BCUT2D eigenvalue weighted by Gasteiger charge is -2.37. The van der Waals surface area contributed by atoms with Crippen LogP contribution >= 0.6 is 23.4 Å². The van der Waals surface area contributed by atoms with E-state index in [4.69, 9.17) is 26.8 Å². The minimum Gasteiger partial charge on any atom is -0.493 e. The predicted molar refractivity (Wildman–Crippen MR) is 95.1 cm³/mol. The van der Waals surface area contributed by atoms with Crippen molar-refractivity contribution in [1.29, 1.82) is 0 Å². The summed E-state index contributed by atoms with van der Waals surface area (Å²) >= 11 is 8.05. The quantitative estimate of drug-likeness (QED) is 0.856. The molecule has 1 heterocycles. The van der Waals surface area contributed by atoms with Crippen molar-refractivity contribution in [3.8, 4) is 11.5 Å². The van der Waals surface area contributed by atoms with Gasteiger partial charge in [-0.05, 0) is 26.0 Å². The summed E-state index contributed by atoms with van der Waals surface area (Å²) in [6.07, 6.45) is 0. The van der Waals surface area contributed by atoms with Crippen LogP contribution in [0, 0.1) is 0 Å². The molecule has 132 valence electrons. The molecular weight excluding hydrogens is 352 g/mol. The smallest absolute Gasteiger partial charge is 0.255 e. The average molecular weight is 373 g/mol. The van der Waals surface area contributed by atoms with Crippen LogP contribution in [0.1, 0.15) is 24.2 Å². The van der Waals surface area contributed by atoms with E-state index in [1.807, 2.05) is 16.7 Å². The normalized spacial score (nSPS) is 16.6. The molecule has 1 aromatic rings. The lowest BCUT2D eigenvalue weighted by molar-refractivity contribution is -0.119. The fraction of sp³-hybridized carbons (Fsp3) is 0.500. The molecule has 0 unspecified atom stereocenters. The molecule has 6 nitrogen and oxygen atoms in total. The number of benzene rings is 1. The number of rotatable bonds is 5. The maximum atomic E-state index is 12.8. The number of thioether (sulfide) groups is 1. The highest BCUT2D eigenvalue weighted by Crippen LogP contribution is 2.37. The third kappa shape index (κ3) is 4.48. The molecule has 24 heavy (non-hydrogen) atoms. The molecule has 0 aromatic heterocycles. The second kappa shape index (κ2) is 7.53. The number of hydrogen-bond donors (Lipinski definition) is 1. The first-order valence-corrected chi connectivity index (χ1v) is 8.82. The molecule has 0 aliphatic carbocycles. The molecule has 0 spiro atoms. The fourth-order valence-electron chi connectivity index (χ4n) is 2.50. The van der Waals surface area contributed by atoms with Gasteiger partial charge in [-0.2, -0.15) is 11.8 Å². The van der Waals surface area contributed by atoms with Crippen molar-refractivity contribution < 1.29 is 19.1 Å². The van der Waals surface area contributed by atoms with E-state index in [2.05, 4.69) is 13.8 Å². The highest BCUT2D eigenvalue weighted by molar-refractivity contribution is 8.00. The molecule has 0 atom stereocenters. The number of nitrogens with two attached hydrogens (primary N) is 1. The second-order valence-electron chi connectivity index (χ2n) is 6.08. The van der Waals surface area contributed by atoms with Gasteiger partial charge in [0.05, 0.1) is 12.1 Å². The van der Waals surface area contributed by atoms with Crippen LogP contribution in [0.5, 0.6) is 11.5 Å². The van der Waals surface area contributed by atoms with Crippen molar-refractivity contribution in [3.05, 3.63) is 22.7 Å². The first-order valence-electron chi connectivity index (χ1n) is 7.45. The third-order valence-corrected chi connectivity index (χ3v) is 5.13. The molecule has 0 radical (unpaired) electrons. The van der Waals surface area contributed by atoms with Gasteiger partial charge in [-0.1, -0.05) is 11.6 Å². The van der Waals surface area contributed by atoms with E-state index >= 15 is 0 Å². The zero-order chi connectivity index (χ0) is 17.9. The van der Waals surface area contributed by atoms with Gasteiger partial charge in [0.2, 0.25) is 0 Å². The molecule has 0 saturated carbocycles. The van der Waals surface area contributed by atoms with E-state index in [0.29, 0.717) is 18.7 Å². The maximum Gasteiger partial charge on any atom is 0.255 e. The molecule has 1 aromatic carbocycles. The average Bonchev–Trinajstić information content (AvgIpc) is 2.51. The maximum absolute atomic E-state index is 12.8. The summed E-state index contributed by atoms with van der Waals surface area (Å²) in [4.78, 5) is 25.5. The first-order chi connectivity index (χ1) is 11.2. The number of carbonyl (C=O) groups is 2. The molecule has 1 saturated heterocycles. The van der Waals surface area contributed by atoms with E-state index in [1.165, 1.54) is 13.2 Å². The Morgan fingerprint density at radius 1 is 1.42 bits per heavy atom. The lowest BCUT2D eigenvalue weighted by atomic mass is 10.1. The molecule has 2 amide bonds. The van der Waals surface area contributed by atoms with Gasteiger partial charge >= 0.3 is 0 Å². The molecule has 8 heteroatoms. The summed E-state index contributed by atoms with van der Waals surface area (Å²) in [5.41, 5.74) is 5.49. The van der Waals surface area contributed by atoms with E-state index in [-0.39, 0.29) is 33.8 Å². The Kier molecular flexibility index (Phi) is 5.87. The van der Waals surface area contributed by atoms with Crippen LogP contribution in [0.3, 0.4) is 0 Å². The van der Waals surface area contributed by atoms with Crippen LogP contribution in [0.25, 0.3) is 0 Å². The Morgan fingerprint density at radius 2 is 2.12 bits per heavy atom.